The van der Waals surface area contributed by atoms with Gasteiger partial charge in [0, 0.05) is 0 Å². The molecule has 0 spiro atoms. The van der Waals surface area contributed by atoms with E-state index in [-0.39, 0.29) is 0 Å². The molecule has 0 heterocycles. The summed E-state index contributed by atoms with van der Waals surface area (Å²) in [4.78, 5) is 0. The maximum atomic E-state index is 6.06. The number of para-hydroxylation sites is 1. The van der Waals surface area contributed by atoms with Gasteiger partial charge in [0.05, 0.1) is 6.10 Å². The molecule has 0 radical (unpaired) electrons. The molecular formula is C14H20O. The Bertz CT molecular complexity index is 300. The molecule has 82 valence electrons. The van der Waals surface area contributed by atoms with Crippen molar-refractivity contribution in [3.63, 3.8) is 0 Å². The molecule has 1 fully saturated rings. The van der Waals surface area contributed by atoms with Crippen LogP contribution >= 0.6 is 0 Å². The van der Waals surface area contributed by atoms with Crippen LogP contribution in [0.1, 0.15) is 44.6 Å². The smallest absolute Gasteiger partial charge is 0.122 e. The van der Waals surface area contributed by atoms with Crippen molar-refractivity contribution in [3.8, 4) is 5.75 Å². The van der Waals surface area contributed by atoms with Crippen molar-refractivity contribution < 1.29 is 4.74 Å². The zero-order valence-electron chi connectivity index (χ0n) is 9.54. The summed E-state index contributed by atoms with van der Waals surface area (Å²) in [5.74, 6) is 1.12. The van der Waals surface area contributed by atoms with Crippen LogP contribution in [0.5, 0.6) is 5.75 Å². The van der Waals surface area contributed by atoms with Crippen molar-refractivity contribution >= 4 is 0 Å². The molecule has 1 heteroatoms. The summed E-state index contributed by atoms with van der Waals surface area (Å²) >= 11 is 0. The summed E-state index contributed by atoms with van der Waals surface area (Å²) < 4.78 is 6.06. The Hall–Kier alpha value is -0.980. The SMILES string of the molecule is CCCc1ccccc1OC1CCCC1. The Morgan fingerprint density at radius 3 is 2.67 bits per heavy atom. The second-order valence-electron chi connectivity index (χ2n) is 4.38. The van der Waals surface area contributed by atoms with Crippen LogP contribution < -0.4 is 4.74 Å². The molecule has 0 bridgehead atoms. The van der Waals surface area contributed by atoms with Crippen molar-refractivity contribution in [1.82, 2.24) is 0 Å². The minimum atomic E-state index is 0.475. The van der Waals surface area contributed by atoms with E-state index >= 15 is 0 Å². The van der Waals surface area contributed by atoms with Gasteiger partial charge in [-0.3, -0.25) is 0 Å². The Balaban J connectivity index is 2.05. The molecule has 0 aromatic heterocycles. The Labute approximate surface area is 92.5 Å². The fourth-order valence-corrected chi connectivity index (χ4v) is 2.28. The van der Waals surface area contributed by atoms with Gasteiger partial charge in [0.2, 0.25) is 0 Å². The largest absolute Gasteiger partial charge is 0.490 e. The second-order valence-corrected chi connectivity index (χ2v) is 4.38. The molecular weight excluding hydrogens is 184 g/mol. The van der Waals surface area contributed by atoms with Crippen molar-refractivity contribution in [2.24, 2.45) is 0 Å². The number of hydrogen-bond acceptors (Lipinski definition) is 1. The van der Waals surface area contributed by atoms with Crippen molar-refractivity contribution in [1.29, 1.82) is 0 Å². The lowest BCUT2D eigenvalue weighted by Gasteiger charge is -2.16. The summed E-state index contributed by atoms with van der Waals surface area (Å²) in [5.41, 5.74) is 1.37. The average Bonchev–Trinajstić information content (AvgIpc) is 2.74. The highest BCUT2D eigenvalue weighted by atomic mass is 16.5. The summed E-state index contributed by atoms with van der Waals surface area (Å²) in [5, 5.41) is 0. The van der Waals surface area contributed by atoms with E-state index in [0.29, 0.717) is 6.10 Å². The van der Waals surface area contributed by atoms with Gasteiger partial charge in [-0.1, -0.05) is 31.5 Å². The number of ether oxygens (including phenoxy) is 1. The number of hydrogen-bond donors (Lipinski definition) is 0. The lowest BCUT2D eigenvalue weighted by atomic mass is 10.1. The fourth-order valence-electron chi connectivity index (χ4n) is 2.28. The minimum absolute atomic E-state index is 0.475. The number of benzene rings is 1. The van der Waals surface area contributed by atoms with Crippen LogP contribution in [0, 0.1) is 0 Å². The number of aryl methyl sites for hydroxylation is 1. The Morgan fingerprint density at radius 1 is 1.20 bits per heavy atom. The first kappa shape index (κ1) is 10.5. The van der Waals surface area contributed by atoms with Crippen LogP contribution in [0.3, 0.4) is 0 Å². The second kappa shape index (κ2) is 5.20. The van der Waals surface area contributed by atoms with E-state index in [9.17, 15) is 0 Å². The standard InChI is InChI=1S/C14H20O/c1-2-7-12-8-3-6-11-14(12)15-13-9-4-5-10-13/h3,6,8,11,13H,2,4-5,7,9-10H2,1H3. The maximum absolute atomic E-state index is 6.06. The van der Waals surface area contributed by atoms with E-state index in [2.05, 4.69) is 31.2 Å². The molecule has 0 unspecified atom stereocenters. The van der Waals surface area contributed by atoms with Crippen LogP contribution in [-0.4, -0.2) is 6.10 Å². The highest BCUT2D eigenvalue weighted by Gasteiger charge is 2.17. The maximum Gasteiger partial charge on any atom is 0.122 e. The molecule has 1 saturated carbocycles. The molecule has 15 heavy (non-hydrogen) atoms. The minimum Gasteiger partial charge on any atom is -0.490 e. The van der Waals surface area contributed by atoms with Crippen molar-refractivity contribution in [3.05, 3.63) is 29.8 Å². The number of rotatable bonds is 4. The Morgan fingerprint density at radius 2 is 1.93 bits per heavy atom. The van der Waals surface area contributed by atoms with Gasteiger partial charge in [0.25, 0.3) is 0 Å². The van der Waals surface area contributed by atoms with Crippen LogP contribution in [0.25, 0.3) is 0 Å². The third-order valence-electron chi connectivity index (χ3n) is 3.09. The van der Waals surface area contributed by atoms with Gasteiger partial charge in [-0.25, -0.2) is 0 Å². The molecule has 0 saturated heterocycles. The van der Waals surface area contributed by atoms with Crippen LogP contribution in [-0.2, 0) is 6.42 Å². The van der Waals surface area contributed by atoms with Gasteiger partial charge in [-0.15, -0.1) is 0 Å². The highest BCUT2D eigenvalue weighted by molar-refractivity contribution is 5.33. The summed E-state index contributed by atoms with van der Waals surface area (Å²) in [6, 6.07) is 8.48. The van der Waals surface area contributed by atoms with Gasteiger partial charge in [-0.2, -0.15) is 0 Å². The van der Waals surface area contributed by atoms with Gasteiger partial charge in [0.1, 0.15) is 5.75 Å². The average molecular weight is 204 g/mol. The van der Waals surface area contributed by atoms with Gasteiger partial charge < -0.3 is 4.74 Å². The monoisotopic (exact) mass is 204 g/mol. The summed E-state index contributed by atoms with van der Waals surface area (Å²) in [6.07, 6.45) is 7.93. The molecule has 1 aliphatic rings. The highest BCUT2D eigenvalue weighted by Crippen LogP contribution is 2.27. The van der Waals surface area contributed by atoms with Crippen molar-refractivity contribution in [2.75, 3.05) is 0 Å². The van der Waals surface area contributed by atoms with Crippen LogP contribution in [0.4, 0.5) is 0 Å². The summed E-state index contributed by atoms with van der Waals surface area (Å²) in [6.45, 7) is 2.21. The fraction of sp³-hybridized carbons (Fsp3) is 0.571. The van der Waals surface area contributed by atoms with E-state index in [1.165, 1.54) is 37.7 Å². The third kappa shape index (κ3) is 2.74. The van der Waals surface area contributed by atoms with E-state index in [4.69, 9.17) is 4.74 Å². The van der Waals surface area contributed by atoms with E-state index < -0.39 is 0 Å². The van der Waals surface area contributed by atoms with E-state index in [0.717, 1.165) is 12.2 Å². The first-order valence-corrected chi connectivity index (χ1v) is 6.14. The molecule has 0 atom stereocenters. The first-order chi connectivity index (χ1) is 7.40. The van der Waals surface area contributed by atoms with E-state index in [1.807, 2.05) is 0 Å². The zero-order chi connectivity index (χ0) is 10.5. The molecule has 0 amide bonds. The van der Waals surface area contributed by atoms with Crippen LogP contribution in [0.15, 0.2) is 24.3 Å². The molecule has 2 rings (SSSR count). The normalized spacial score (nSPS) is 16.9. The Kier molecular flexibility index (Phi) is 3.65. The predicted molar refractivity (Wildman–Crippen MR) is 63.3 cm³/mol. The zero-order valence-corrected chi connectivity index (χ0v) is 9.54. The van der Waals surface area contributed by atoms with Crippen LogP contribution in [0.2, 0.25) is 0 Å². The predicted octanol–water partition coefficient (Wildman–Crippen LogP) is 3.96. The lowest BCUT2D eigenvalue weighted by Crippen LogP contribution is -2.12. The molecule has 0 N–H and O–H groups in total. The van der Waals surface area contributed by atoms with E-state index in [1.54, 1.807) is 0 Å². The molecule has 1 aliphatic carbocycles. The van der Waals surface area contributed by atoms with Gasteiger partial charge in [0.15, 0.2) is 0 Å². The van der Waals surface area contributed by atoms with Gasteiger partial charge >= 0.3 is 0 Å². The van der Waals surface area contributed by atoms with Gasteiger partial charge in [-0.05, 0) is 43.7 Å². The summed E-state index contributed by atoms with van der Waals surface area (Å²) in [7, 11) is 0. The molecule has 1 nitrogen and oxygen atoms in total. The topological polar surface area (TPSA) is 9.23 Å². The third-order valence-corrected chi connectivity index (χ3v) is 3.09. The first-order valence-electron chi connectivity index (χ1n) is 6.14. The molecule has 1 aromatic rings. The lowest BCUT2D eigenvalue weighted by molar-refractivity contribution is 0.208. The molecule has 1 aromatic carbocycles. The molecule has 0 aliphatic heterocycles. The quantitative estimate of drug-likeness (QED) is 0.721. The van der Waals surface area contributed by atoms with Crippen molar-refractivity contribution in [2.45, 2.75) is 51.6 Å².